The Balaban J connectivity index is 1.34. The highest BCUT2D eigenvalue weighted by Gasteiger charge is 2.28. The monoisotopic (exact) mass is 477 g/mol. The zero-order valence-corrected chi connectivity index (χ0v) is 20.3. The van der Waals surface area contributed by atoms with Crippen LogP contribution in [0.1, 0.15) is 18.5 Å². The lowest BCUT2D eigenvalue weighted by Gasteiger charge is -2.31. The van der Waals surface area contributed by atoms with Crippen LogP contribution in [-0.2, 0) is 4.79 Å². The fourth-order valence-corrected chi connectivity index (χ4v) is 5.27. The SMILES string of the molecule is COc1ccc(NC(=O)[C@H]2CCCN(c3nc4c(s3)c(C)nn4-c3ccc(OC)cc3)C2)cc1. The molecular weight excluding hydrogens is 450 g/mol. The molecule has 1 fully saturated rings. The van der Waals surface area contributed by atoms with Gasteiger partial charge in [-0.1, -0.05) is 11.3 Å². The highest BCUT2D eigenvalue weighted by Crippen LogP contribution is 2.35. The first-order valence-electron chi connectivity index (χ1n) is 11.3. The Bertz CT molecular complexity index is 1300. The number of fused-ring (bicyclic) bond motifs is 1. The Morgan fingerprint density at radius 2 is 1.74 bits per heavy atom. The molecule has 3 heterocycles. The van der Waals surface area contributed by atoms with E-state index in [1.54, 1.807) is 25.6 Å². The van der Waals surface area contributed by atoms with Crippen molar-refractivity contribution >= 4 is 38.4 Å². The third kappa shape index (κ3) is 4.31. The molecule has 34 heavy (non-hydrogen) atoms. The normalized spacial score (nSPS) is 16.0. The topological polar surface area (TPSA) is 81.5 Å². The van der Waals surface area contributed by atoms with Gasteiger partial charge in [-0.3, -0.25) is 4.79 Å². The van der Waals surface area contributed by atoms with Crippen molar-refractivity contribution in [1.82, 2.24) is 14.8 Å². The van der Waals surface area contributed by atoms with Crippen LogP contribution < -0.4 is 19.7 Å². The van der Waals surface area contributed by atoms with E-state index >= 15 is 0 Å². The van der Waals surface area contributed by atoms with Crippen molar-refractivity contribution in [3.8, 4) is 17.2 Å². The first-order chi connectivity index (χ1) is 16.6. The number of hydrogen-bond acceptors (Lipinski definition) is 7. The number of aromatic nitrogens is 3. The summed E-state index contributed by atoms with van der Waals surface area (Å²) in [6, 6.07) is 15.2. The van der Waals surface area contributed by atoms with Gasteiger partial charge in [0.1, 0.15) is 11.5 Å². The molecule has 5 rings (SSSR count). The maximum atomic E-state index is 13.0. The number of ether oxygens (including phenoxy) is 2. The molecule has 0 unspecified atom stereocenters. The van der Waals surface area contributed by atoms with E-state index in [0.29, 0.717) is 6.54 Å². The van der Waals surface area contributed by atoms with E-state index < -0.39 is 0 Å². The standard InChI is InChI=1S/C25H27N5O3S/c1-16-22-23(30(28-16)19-8-12-21(33-3)13-9-19)27-25(34-22)29-14-4-5-17(15-29)24(31)26-18-6-10-20(32-2)11-7-18/h6-13,17H,4-5,14-15H2,1-3H3,(H,26,31)/t17-/m0/s1. The number of nitrogens with zero attached hydrogens (tertiary/aromatic N) is 4. The number of anilines is 2. The lowest BCUT2D eigenvalue weighted by Crippen LogP contribution is -2.40. The van der Waals surface area contributed by atoms with Gasteiger partial charge in [0.05, 0.1) is 36.2 Å². The summed E-state index contributed by atoms with van der Waals surface area (Å²) in [5, 5.41) is 8.67. The van der Waals surface area contributed by atoms with Gasteiger partial charge in [0, 0.05) is 18.8 Å². The maximum Gasteiger partial charge on any atom is 0.229 e. The molecule has 0 spiro atoms. The van der Waals surface area contributed by atoms with E-state index in [9.17, 15) is 4.79 Å². The van der Waals surface area contributed by atoms with E-state index in [1.807, 2.05) is 60.1 Å². The Labute approximate surface area is 202 Å². The number of nitrogens with one attached hydrogen (secondary N) is 1. The lowest BCUT2D eigenvalue weighted by atomic mass is 9.97. The molecule has 1 atom stereocenters. The number of benzene rings is 2. The number of carbonyl (C=O) groups excluding carboxylic acids is 1. The summed E-state index contributed by atoms with van der Waals surface area (Å²) in [6.07, 6.45) is 1.81. The summed E-state index contributed by atoms with van der Waals surface area (Å²) in [5.41, 5.74) is 3.50. The minimum atomic E-state index is -0.0953. The molecule has 1 amide bonds. The van der Waals surface area contributed by atoms with Crippen LogP contribution in [0.2, 0.25) is 0 Å². The number of thiazole rings is 1. The van der Waals surface area contributed by atoms with Gasteiger partial charge in [0.15, 0.2) is 10.8 Å². The molecule has 0 bridgehead atoms. The van der Waals surface area contributed by atoms with Crippen LogP contribution in [0, 0.1) is 12.8 Å². The average molecular weight is 478 g/mol. The number of methoxy groups -OCH3 is 2. The molecule has 1 saturated heterocycles. The van der Waals surface area contributed by atoms with Crippen molar-refractivity contribution in [2.45, 2.75) is 19.8 Å². The van der Waals surface area contributed by atoms with Crippen molar-refractivity contribution in [2.24, 2.45) is 5.92 Å². The van der Waals surface area contributed by atoms with Gasteiger partial charge >= 0.3 is 0 Å². The van der Waals surface area contributed by atoms with Crippen LogP contribution >= 0.6 is 11.3 Å². The zero-order chi connectivity index (χ0) is 23.7. The van der Waals surface area contributed by atoms with Crippen molar-refractivity contribution in [2.75, 3.05) is 37.5 Å². The van der Waals surface area contributed by atoms with E-state index in [1.165, 1.54) is 0 Å². The molecular formula is C25H27N5O3S. The Morgan fingerprint density at radius 1 is 1.06 bits per heavy atom. The second-order valence-corrected chi connectivity index (χ2v) is 9.32. The maximum absolute atomic E-state index is 13.0. The van der Waals surface area contributed by atoms with Gasteiger partial charge in [0.2, 0.25) is 5.91 Å². The first kappa shape index (κ1) is 22.2. The van der Waals surface area contributed by atoms with Crippen LogP contribution in [-0.4, -0.2) is 48.0 Å². The van der Waals surface area contributed by atoms with Crippen molar-refractivity contribution in [3.63, 3.8) is 0 Å². The molecule has 176 valence electrons. The molecule has 4 aromatic rings. The molecule has 0 aliphatic carbocycles. The van der Waals surface area contributed by atoms with E-state index in [-0.39, 0.29) is 11.8 Å². The second-order valence-electron chi connectivity index (χ2n) is 8.35. The Hall–Kier alpha value is -3.59. The Morgan fingerprint density at radius 3 is 2.41 bits per heavy atom. The molecule has 0 radical (unpaired) electrons. The van der Waals surface area contributed by atoms with Crippen molar-refractivity contribution in [1.29, 1.82) is 0 Å². The number of carbonyl (C=O) groups is 1. The van der Waals surface area contributed by atoms with Crippen LogP contribution in [0.25, 0.3) is 16.0 Å². The molecule has 1 aliphatic rings. The number of piperidine rings is 1. The van der Waals surface area contributed by atoms with Gasteiger partial charge in [-0.25, -0.2) is 4.68 Å². The highest BCUT2D eigenvalue weighted by atomic mass is 32.1. The highest BCUT2D eigenvalue weighted by molar-refractivity contribution is 7.22. The Kier molecular flexibility index (Phi) is 6.10. The zero-order valence-electron chi connectivity index (χ0n) is 19.4. The molecule has 0 saturated carbocycles. The molecule has 1 aliphatic heterocycles. The predicted octanol–water partition coefficient (Wildman–Crippen LogP) is 4.66. The summed E-state index contributed by atoms with van der Waals surface area (Å²) in [7, 11) is 3.28. The minimum absolute atomic E-state index is 0.0385. The fourth-order valence-electron chi connectivity index (χ4n) is 4.25. The van der Waals surface area contributed by atoms with Crippen LogP contribution in [0.3, 0.4) is 0 Å². The molecule has 9 heteroatoms. The van der Waals surface area contributed by atoms with Gasteiger partial charge in [-0.05, 0) is 68.3 Å². The summed E-state index contributed by atoms with van der Waals surface area (Å²) in [5.74, 6) is 1.51. The third-order valence-electron chi connectivity index (χ3n) is 6.11. The summed E-state index contributed by atoms with van der Waals surface area (Å²) < 4.78 is 13.4. The number of rotatable bonds is 6. The van der Waals surface area contributed by atoms with E-state index in [0.717, 1.165) is 63.4 Å². The quantitative estimate of drug-likeness (QED) is 0.435. The van der Waals surface area contributed by atoms with Gasteiger partial charge in [0.25, 0.3) is 0 Å². The fraction of sp³-hybridized carbons (Fsp3) is 0.320. The summed E-state index contributed by atoms with van der Waals surface area (Å²) in [6.45, 7) is 3.54. The largest absolute Gasteiger partial charge is 0.497 e. The molecule has 1 N–H and O–H groups in total. The first-order valence-corrected chi connectivity index (χ1v) is 12.1. The van der Waals surface area contributed by atoms with Crippen molar-refractivity contribution in [3.05, 3.63) is 54.2 Å². The smallest absolute Gasteiger partial charge is 0.229 e. The second kappa shape index (κ2) is 9.34. The van der Waals surface area contributed by atoms with E-state index in [4.69, 9.17) is 19.6 Å². The van der Waals surface area contributed by atoms with Crippen LogP contribution in [0.5, 0.6) is 11.5 Å². The molecule has 2 aromatic heterocycles. The number of amides is 1. The molecule has 2 aromatic carbocycles. The van der Waals surface area contributed by atoms with Gasteiger partial charge < -0.3 is 19.7 Å². The van der Waals surface area contributed by atoms with Gasteiger partial charge in [-0.2, -0.15) is 10.1 Å². The lowest BCUT2D eigenvalue weighted by molar-refractivity contribution is -0.120. The van der Waals surface area contributed by atoms with Crippen molar-refractivity contribution < 1.29 is 14.3 Å². The van der Waals surface area contributed by atoms with E-state index in [2.05, 4.69) is 10.2 Å². The number of aryl methyl sites for hydroxylation is 1. The molecule has 8 nitrogen and oxygen atoms in total. The summed E-state index contributed by atoms with van der Waals surface area (Å²) in [4.78, 5) is 20.1. The summed E-state index contributed by atoms with van der Waals surface area (Å²) >= 11 is 1.64. The van der Waals surface area contributed by atoms with Gasteiger partial charge in [-0.15, -0.1) is 0 Å². The van der Waals surface area contributed by atoms with Crippen LogP contribution in [0.4, 0.5) is 10.8 Å². The predicted molar refractivity (Wildman–Crippen MR) is 135 cm³/mol. The number of hydrogen-bond donors (Lipinski definition) is 1. The average Bonchev–Trinajstić information content (AvgIpc) is 3.45. The minimum Gasteiger partial charge on any atom is -0.497 e. The van der Waals surface area contributed by atoms with Crippen LogP contribution in [0.15, 0.2) is 48.5 Å². The third-order valence-corrected chi connectivity index (χ3v) is 7.33.